The van der Waals surface area contributed by atoms with Gasteiger partial charge in [-0.15, -0.1) is 0 Å². The number of hydrogen-bond acceptors (Lipinski definition) is 4. The van der Waals surface area contributed by atoms with Gasteiger partial charge in [0.2, 0.25) is 0 Å². The molecule has 122 valence electrons. The van der Waals surface area contributed by atoms with Gasteiger partial charge >= 0.3 is 0 Å². The number of nitrogens with two attached hydrogens (primary N) is 2. The van der Waals surface area contributed by atoms with Crippen LogP contribution in [0.25, 0.3) is 0 Å². The van der Waals surface area contributed by atoms with Gasteiger partial charge in [-0.1, -0.05) is 29.3 Å². The molecule has 0 saturated heterocycles. The van der Waals surface area contributed by atoms with Crippen LogP contribution in [0.2, 0.25) is 10.0 Å². The quantitative estimate of drug-likeness (QED) is 0.329. The van der Waals surface area contributed by atoms with E-state index in [1.54, 1.807) is 18.2 Å². The highest BCUT2D eigenvalue weighted by molar-refractivity contribution is 6.42. The number of guanidine groups is 2. The van der Waals surface area contributed by atoms with E-state index in [1.807, 2.05) is 0 Å². The molecule has 0 bridgehead atoms. The lowest BCUT2D eigenvalue weighted by atomic mass is 10.2. The zero-order valence-corrected chi connectivity index (χ0v) is 13.4. The van der Waals surface area contributed by atoms with Gasteiger partial charge in [0.1, 0.15) is 0 Å². The SMILES string of the molecule is NC(=NCCOCCO)NC(N)=NCc1ccc(Cl)c(Cl)c1. The number of aliphatic hydroxyl groups is 1. The Labute approximate surface area is 139 Å². The normalized spacial score (nSPS) is 12.5. The first kappa shape index (κ1) is 18.5. The van der Waals surface area contributed by atoms with Crippen molar-refractivity contribution in [3.05, 3.63) is 33.8 Å². The van der Waals surface area contributed by atoms with Gasteiger partial charge in [-0.25, -0.2) is 4.99 Å². The predicted octanol–water partition coefficient (Wildman–Crippen LogP) is 0.721. The van der Waals surface area contributed by atoms with Crippen molar-refractivity contribution in [2.45, 2.75) is 6.54 Å². The highest BCUT2D eigenvalue weighted by atomic mass is 35.5. The molecule has 0 saturated carbocycles. The molecule has 0 aliphatic heterocycles. The number of nitrogens with zero attached hydrogens (tertiary/aromatic N) is 2. The second kappa shape index (κ2) is 10.2. The van der Waals surface area contributed by atoms with E-state index in [1.165, 1.54) is 0 Å². The minimum atomic E-state index is -0.0221. The summed E-state index contributed by atoms with van der Waals surface area (Å²) in [7, 11) is 0. The van der Waals surface area contributed by atoms with Crippen LogP contribution in [0.5, 0.6) is 0 Å². The summed E-state index contributed by atoms with van der Waals surface area (Å²) in [4.78, 5) is 8.11. The summed E-state index contributed by atoms with van der Waals surface area (Å²) in [6.07, 6.45) is 0. The summed E-state index contributed by atoms with van der Waals surface area (Å²) in [5.41, 5.74) is 12.2. The van der Waals surface area contributed by atoms with Crippen molar-refractivity contribution in [3.63, 3.8) is 0 Å². The predicted molar refractivity (Wildman–Crippen MR) is 89.3 cm³/mol. The molecule has 0 fully saturated rings. The molecule has 9 heteroatoms. The first-order chi connectivity index (χ1) is 10.5. The van der Waals surface area contributed by atoms with E-state index in [-0.39, 0.29) is 25.1 Å². The van der Waals surface area contributed by atoms with Crippen LogP contribution in [0.15, 0.2) is 28.2 Å². The Hall–Kier alpha value is -1.54. The van der Waals surface area contributed by atoms with Crippen LogP contribution in [-0.2, 0) is 11.3 Å². The topological polar surface area (TPSA) is 118 Å². The van der Waals surface area contributed by atoms with Gasteiger partial charge in [0.15, 0.2) is 11.9 Å². The van der Waals surface area contributed by atoms with Crippen molar-refractivity contribution in [2.75, 3.05) is 26.4 Å². The molecule has 1 rings (SSSR count). The number of halogens is 2. The molecule has 22 heavy (non-hydrogen) atoms. The average Bonchev–Trinajstić information content (AvgIpc) is 2.48. The van der Waals surface area contributed by atoms with Gasteiger partial charge in [0.05, 0.1) is 43.0 Å². The van der Waals surface area contributed by atoms with E-state index in [0.717, 1.165) is 5.56 Å². The average molecular weight is 348 g/mol. The number of hydrogen-bond donors (Lipinski definition) is 4. The molecule has 0 radical (unpaired) electrons. The molecule has 0 aliphatic rings. The summed E-state index contributed by atoms with van der Waals surface area (Å²) in [6, 6.07) is 5.22. The Morgan fingerprint density at radius 1 is 1.14 bits per heavy atom. The summed E-state index contributed by atoms with van der Waals surface area (Å²) >= 11 is 11.7. The molecule has 6 N–H and O–H groups in total. The van der Waals surface area contributed by atoms with Crippen molar-refractivity contribution < 1.29 is 9.84 Å². The van der Waals surface area contributed by atoms with Crippen LogP contribution < -0.4 is 16.8 Å². The lowest BCUT2D eigenvalue weighted by molar-refractivity contribution is 0.0978. The van der Waals surface area contributed by atoms with Crippen LogP contribution in [0.3, 0.4) is 0 Å². The second-order valence-electron chi connectivity index (χ2n) is 4.18. The smallest absolute Gasteiger partial charge is 0.195 e. The Morgan fingerprint density at radius 2 is 1.86 bits per heavy atom. The van der Waals surface area contributed by atoms with E-state index < -0.39 is 0 Å². The molecule has 0 heterocycles. The summed E-state index contributed by atoms with van der Waals surface area (Å²) in [6.45, 7) is 1.31. The minimum Gasteiger partial charge on any atom is -0.394 e. The number of ether oxygens (including phenoxy) is 1. The summed E-state index contributed by atoms with van der Waals surface area (Å²) < 4.78 is 5.04. The van der Waals surface area contributed by atoms with E-state index in [4.69, 9.17) is 44.5 Å². The van der Waals surface area contributed by atoms with Crippen molar-refractivity contribution >= 4 is 35.1 Å². The van der Waals surface area contributed by atoms with E-state index in [0.29, 0.717) is 29.7 Å². The molecular weight excluding hydrogens is 329 g/mol. The molecule has 0 amide bonds. The number of nitrogens with one attached hydrogen (secondary N) is 1. The van der Waals surface area contributed by atoms with Gasteiger partial charge < -0.3 is 21.3 Å². The largest absolute Gasteiger partial charge is 0.394 e. The molecular formula is C13H19Cl2N5O2. The maximum absolute atomic E-state index is 8.53. The number of aliphatic imine (C=N–C) groups is 2. The molecule has 7 nitrogen and oxygen atoms in total. The van der Waals surface area contributed by atoms with E-state index >= 15 is 0 Å². The van der Waals surface area contributed by atoms with Crippen molar-refractivity contribution in [3.8, 4) is 0 Å². The summed E-state index contributed by atoms with van der Waals surface area (Å²) in [5, 5.41) is 12.1. The first-order valence-corrected chi connectivity index (χ1v) is 7.28. The molecule has 0 aromatic heterocycles. The fraction of sp³-hybridized carbons (Fsp3) is 0.385. The van der Waals surface area contributed by atoms with Crippen LogP contribution >= 0.6 is 23.2 Å². The Bertz CT molecular complexity index is 537. The Balaban J connectivity index is 2.41. The fourth-order valence-electron chi connectivity index (χ4n) is 1.42. The van der Waals surface area contributed by atoms with Crippen LogP contribution in [0.1, 0.15) is 5.56 Å². The molecule has 0 unspecified atom stereocenters. The lowest BCUT2D eigenvalue weighted by Gasteiger charge is -2.05. The van der Waals surface area contributed by atoms with E-state index in [2.05, 4.69) is 15.3 Å². The maximum Gasteiger partial charge on any atom is 0.195 e. The van der Waals surface area contributed by atoms with Gasteiger partial charge in [0.25, 0.3) is 0 Å². The molecule has 1 aromatic carbocycles. The zero-order chi connectivity index (χ0) is 16.4. The summed E-state index contributed by atoms with van der Waals surface area (Å²) in [5.74, 6) is 0.284. The molecule has 0 atom stereocenters. The standard InChI is InChI=1S/C13H19Cl2N5O2/c14-10-2-1-9(7-11(10)15)8-19-13(17)20-12(16)18-3-5-22-6-4-21/h1-2,7,21H,3-6,8H2,(H5,16,17,18,19,20). The number of aliphatic hydroxyl groups excluding tert-OH is 1. The number of benzene rings is 1. The van der Waals surface area contributed by atoms with Gasteiger partial charge in [-0.2, -0.15) is 0 Å². The Kier molecular flexibility index (Phi) is 8.61. The van der Waals surface area contributed by atoms with Crippen molar-refractivity contribution in [1.29, 1.82) is 0 Å². The van der Waals surface area contributed by atoms with Gasteiger partial charge in [-0.05, 0) is 17.7 Å². The zero-order valence-electron chi connectivity index (χ0n) is 11.9. The third-order valence-corrected chi connectivity index (χ3v) is 3.16. The fourth-order valence-corrected chi connectivity index (χ4v) is 1.74. The molecule has 0 aliphatic carbocycles. The maximum atomic E-state index is 8.53. The van der Waals surface area contributed by atoms with E-state index in [9.17, 15) is 0 Å². The Morgan fingerprint density at radius 3 is 2.55 bits per heavy atom. The van der Waals surface area contributed by atoms with Crippen molar-refractivity contribution in [1.82, 2.24) is 5.32 Å². The molecule has 1 aromatic rings. The second-order valence-corrected chi connectivity index (χ2v) is 4.99. The van der Waals surface area contributed by atoms with Crippen LogP contribution in [-0.4, -0.2) is 43.4 Å². The lowest BCUT2D eigenvalue weighted by Crippen LogP contribution is -2.41. The third kappa shape index (κ3) is 7.46. The first-order valence-electron chi connectivity index (χ1n) is 6.52. The highest BCUT2D eigenvalue weighted by Crippen LogP contribution is 2.22. The third-order valence-electron chi connectivity index (χ3n) is 2.43. The molecule has 0 spiro atoms. The van der Waals surface area contributed by atoms with Crippen LogP contribution in [0.4, 0.5) is 0 Å². The minimum absolute atomic E-state index is 0.0221. The highest BCUT2D eigenvalue weighted by Gasteiger charge is 2.00. The monoisotopic (exact) mass is 347 g/mol. The van der Waals surface area contributed by atoms with Crippen LogP contribution in [0, 0.1) is 0 Å². The van der Waals surface area contributed by atoms with Gasteiger partial charge in [0, 0.05) is 0 Å². The number of rotatable bonds is 7. The van der Waals surface area contributed by atoms with Crippen molar-refractivity contribution in [2.24, 2.45) is 21.5 Å². The van der Waals surface area contributed by atoms with Gasteiger partial charge in [-0.3, -0.25) is 10.3 Å².